The van der Waals surface area contributed by atoms with Gasteiger partial charge in [-0.05, 0) is 38.1 Å². The zero-order valence-electron chi connectivity index (χ0n) is 13.4. The van der Waals surface area contributed by atoms with E-state index in [-0.39, 0.29) is 11.4 Å². The van der Waals surface area contributed by atoms with Crippen LogP contribution in [0, 0.1) is 13.8 Å². The van der Waals surface area contributed by atoms with Gasteiger partial charge in [0.25, 0.3) is 0 Å². The number of aromatic nitrogens is 1. The summed E-state index contributed by atoms with van der Waals surface area (Å²) in [6.07, 6.45) is 0. The van der Waals surface area contributed by atoms with E-state index >= 15 is 0 Å². The molecule has 0 bridgehead atoms. The second-order valence-electron chi connectivity index (χ2n) is 5.52. The Morgan fingerprint density at radius 1 is 1.17 bits per heavy atom. The summed E-state index contributed by atoms with van der Waals surface area (Å²) >= 11 is 0. The molecule has 7 nitrogen and oxygen atoms in total. The second-order valence-corrected chi connectivity index (χ2v) is 7.56. The van der Waals surface area contributed by atoms with Gasteiger partial charge in [-0.15, -0.1) is 0 Å². The molecule has 0 aliphatic carbocycles. The second kappa shape index (κ2) is 5.88. The average Bonchev–Trinajstić information content (AvgIpc) is 2.86. The maximum absolute atomic E-state index is 12.8. The summed E-state index contributed by atoms with van der Waals surface area (Å²) in [7, 11) is -2.21. The average molecular weight is 348 g/mol. The van der Waals surface area contributed by atoms with Crippen molar-refractivity contribution in [2.24, 2.45) is 0 Å². The van der Waals surface area contributed by atoms with Crippen LogP contribution in [-0.2, 0) is 16.6 Å². The molecule has 0 N–H and O–H groups in total. The van der Waals surface area contributed by atoms with Crippen LogP contribution in [0.5, 0.6) is 0 Å². The van der Waals surface area contributed by atoms with E-state index in [1.807, 2.05) is 0 Å². The molecular weight excluding hydrogens is 332 g/mol. The van der Waals surface area contributed by atoms with Gasteiger partial charge in [-0.1, -0.05) is 5.16 Å². The lowest BCUT2D eigenvalue weighted by atomic mass is 10.2. The van der Waals surface area contributed by atoms with Crippen molar-refractivity contribution in [3.8, 4) is 0 Å². The van der Waals surface area contributed by atoms with Crippen LogP contribution < -0.4 is 5.63 Å². The number of benzene rings is 1. The fraction of sp³-hybridized carbons (Fsp3) is 0.250. The molecule has 1 aromatic carbocycles. The van der Waals surface area contributed by atoms with Gasteiger partial charge in [0.15, 0.2) is 0 Å². The Kier molecular flexibility index (Phi) is 4.02. The fourth-order valence-corrected chi connectivity index (χ4v) is 3.60. The van der Waals surface area contributed by atoms with Crippen molar-refractivity contribution in [2.45, 2.75) is 25.3 Å². The van der Waals surface area contributed by atoms with E-state index in [0.29, 0.717) is 22.4 Å². The van der Waals surface area contributed by atoms with E-state index in [2.05, 4.69) is 5.16 Å². The largest absolute Gasteiger partial charge is 0.423 e. The minimum Gasteiger partial charge on any atom is -0.423 e. The fourth-order valence-electron chi connectivity index (χ4n) is 2.43. The van der Waals surface area contributed by atoms with Crippen LogP contribution in [0.3, 0.4) is 0 Å². The van der Waals surface area contributed by atoms with Crippen molar-refractivity contribution in [2.75, 3.05) is 7.05 Å². The molecule has 24 heavy (non-hydrogen) atoms. The third-order valence-corrected chi connectivity index (χ3v) is 5.66. The van der Waals surface area contributed by atoms with Gasteiger partial charge in [0, 0.05) is 30.6 Å². The summed E-state index contributed by atoms with van der Waals surface area (Å²) in [5.74, 6) is 0.592. The Bertz CT molecular complexity index is 1050. The van der Waals surface area contributed by atoms with E-state index < -0.39 is 15.6 Å². The predicted molar refractivity (Wildman–Crippen MR) is 87.1 cm³/mol. The topological polar surface area (TPSA) is 93.6 Å². The van der Waals surface area contributed by atoms with Gasteiger partial charge in [-0.3, -0.25) is 0 Å². The summed E-state index contributed by atoms with van der Waals surface area (Å²) in [6, 6.07) is 7.18. The molecule has 0 radical (unpaired) electrons. The molecule has 2 aromatic heterocycles. The first-order chi connectivity index (χ1) is 11.3. The van der Waals surface area contributed by atoms with Crippen LogP contribution in [0.1, 0.15) is 17.0 Å². The number of nitrogens with zero attached hydrogens (tertiary/aromatic N) is 2. The highest BCUT2D eigenvalue weighted by Gasteiger charge is 2.24. The molecule has 0 unspecified atom stereocenters. The molecule has 0 saturated carbocycles. The van der Waals surface area contributed by atoms with Gasteiger partial charge >= 0.3 is 5.63 Å². The highest BCUT2D eigenvalue weighted by molar-refractivity contribution is 7.89. The van der Waals surface area contributed by atoms with E-state index in [0.717, 1.165) is 5.56 Å². The zero-order valence-corrected chi connectivity index (χ0v) is 14.3. The van der Waals surface area contributed by atoms with Gasteiger partial charge in [0.05, 0.1) is 10.6 Å². The van der Waals surface area contributed by atoms with Crippen molar-refractivity contribution in [3.63, 3.8) is 0 Å². The third-order valence-electron chi connectivity index (χ3n) is 3.86. The Morgan fingerprint density at radius 2 is 1.92 bits per heavy atom. The van der Waals surface area contributed by atoms with Gasteiger partial charge in [0.1, 0.15) is 11.3 Å². The third kappa shape index (κ3) is 2.85. The Morgan fingerprint density at radius 3 is 2.58 bits per heavy atom. The number of aryl methyl sites for hydroxylation is 2. The first-order valence-corrected chi connectivity index (χ1v) is 8.65. The number of sulfonamides is 1. The van der Waals surface area contributed by atoms with Crippen molar-refractivity contribution in [1.82, 2.24) is 9.46 Å². The standard InChI is InChI=1S/C16H16N2O5S/c1-10-14(11(2)23-17-10)9-18(3)24(20,21)13-5-6-15-12(8-13)4-7-16(19)22-15/h4-8H,9H2,1-3H3. The van der Waals surface area contributed by atoms with E-state index in [4.69, 9.17) is 8.94 Å². The molecule has 2 heterocycles. The quantitative estimate of drug-likeness (QED) is 0.671. The first kappa shape index (κ1) is 16.4. The summed E-state index contributed by atoms with van der Waals surface area (Å²) in [4.78, 5) is 11.3. The molecule has 0 amide bonds. The first-order valence-electron chi connectivity index (χ1n) is 7.21. The molecule has 0 spiro atoms. The van der Waals surface area contributed by atoms with Crippen molar-refractivity contribution >= 4 is 21.0 Å². The lowest BCUT2D eigenvalue weighted by molar-refractivity contribution is 0.390. The monoisotopic (exact) mass is 348 g/mol. The molecule has 0 aliphatic heterocycles. The van der Waals surface area contributed by atoms with Gasteiger partial charge < -0.3 is 8.94 Å². The highest BCUT2D eigenvalue weighted by Crippen LogP contribution is 2.23. The van der Waals surface area contributed by atoms with Gasteiger partial charge in [-0.25, -0.2) is 13.2 Å². The number of hydrogen-bond donors (Lipinski definition) is 0. The summed E-state index contributed by atoms with van der Waals surface area (Å²) < 4.78 is 36.9. The van der Waals surface area contributed by atoms with Gasteiger partial charge in [0.2, 0.25) is 10.0 Å². The Hall–Kier alpha value is -2.45. The minimum absolute atomic E-state index is 0.123. The van der Waals surface area contributed by atoms with Crippen LogP contribution in [0.4, 0.5) is 0 Å². The molecule has 0 saturated heterocycles. The Balaban J connectivity index is 1.97. The van der Waals surface area contributed by atoms with Crippen molar-refractivity contribution in [1.29, 1.82) is 0 Å². The van der Waals surface area contributed by atoms with Crippen LogP contribution in [0.25, 0.3) is 11.0 Å². The molecule has 3 aromatic rings. The smallest absolute Gasteiger partial charge is 0.336 e. The van der Waals surface area contributed by atoms with E-state index in [1.54, 1.807) is 13.8 Å². The van der Waals surface area contributed by atoms with E-state index in [9.17, 15) is 13.2 Å². The normalized spacial score (nSPS) is 12.2. The Labute approximate surface area is 138 Å². The van der Waals surface area contributed by atoms with Crippen LogP contribution >= 0.6 is 0 Å². The van der Waals surface area contributed by atoms with Crippen LogP contribution in [-0.4, -0.2) is 24.9 Å². The maximum Gasteiger partial charge on any atom is 0.336 e. The zero-order chi connectivity index (χ0) is 17.5. The minimum atomic E-state index is -3.71. The molecule has 8 heteroatoms. The molecule has 0 atom stereocenters. The number of hydrogen-bond acceptors (Lipinski definition) is 6. The highest BCUT2D eigenvalue weighted by atomic mass is 32.2. The van der Waals surface area contributed by atoms with E-state index in [1.165, 1.54) is 41.7 Å². The van der Waals surface area contributed by atoms with Crippen LogP contribution in [0.2, 0.25) is 0 Å². The molecular formula is C16H16N2O5S. The molecule has 0 fully saturated rings. The summed E-state index contributed by atoms with van der Waals surface area (Å²) in [5, 5.41) is 4.38. The van der Waals surface area contributed by atoms with Gasteiger partial charge in [-0.2, -0.15) is 4.31 Å². The van der Waals surface area contributed by atoms with Crippen molar-refractivity contribution in [3.05, 3.63) is 57.8 Å². The maximum atomic E-state index is 12.8. The molecule has 126 valence electrons. The lowest BCUT2D eigenvalue weighted by Crippen LogP contribution is -2.27. The lowest BCUT2D eigenvalue weighted by Gasteiger charge is -2.17. The van der Waals surface area contributed by atoms with Crippen LogP contribution in [0.15, 0.2) is 49.0 Å². The molecule has 3 rings (SSSR count). The number of rotatable bonds is 4. The van der Waals surface area contributed by atoms with Crippen molar-refractivity contribution < 1.29 is 17.4 Å². The summed E-state index contributed by atoms with van der Waals surface area (Å²) in [5.41, 5.74) is 1.27. The SMILES string of the molecule is Cc1noc(C)c1CN(C)S(=O)(=O)c1ccc2oc(=O)ccc2c1. The predicted octanol–water partition coefficient (Wildman–Crippen LogP) is 2.22. The molecule has 0 aliphatic rings. The number of fused-ring (bicyclic) bond motifs is 1. The summed E-state index contributed by atoms with van der Waals surface area (Å²) in [6.45, 7) is 3.67.